The van der Waals surface area contributed by atoms with Crippen LogP contribution in [0.2, 0.25) is 0 Å². The molecular formula is C28H38N2O7S2. The van der Waals surface area contributed by atoms with E-state index in [0.717, 1.165) is 49.3 Å². The number of phenols is 1. The first-order valence-electron chi connectivity index (χ1n) is 12.6. The first kappa shape index (κ1) is 32.3. The summed E-state index contributed by atoms with van der Waals surface area (Å²) in [5.41, 5.74) is 4.24. The largest absolute Gasteiger partial charge is 0.506 e. The summed E-state index contributed by atoms with van der Waals surface area (Å²) in [4.78, 5) is 2.17. The maximum atomic E-state index is 10.5. The molecule has 0 saturated heterocycles. The van der Waals surface area contributed by atoms with Crippen LogP contribution in [-0.4, -0.2) is 56.7 Å². The molecule has 0 unspecified atom stereocenters. The summed E-state index contributed by atoms with van der Waals surface area (Å²) in [6.07, 6.45) is 2.17. The molecule has 0 bridgehead atoms. The fourth-order valence-electron chi connectivity index (χ4n) is 3.82. The average Bonchev–Trinajstić information content (AvgIpc) is 3.26. The molecular weight excluding hydrogens is 540 g/mol. The van der Waals surface area contributed by atoms with Gasteiger partial charge in [0.05, 0.1) is 15.5 Å². The molecule has 3 aromatic rings. The predicted molar refractivity (Wildman–Crippen MR) is 154 cm³/mol. The van der Waals surface area contributed by atoms with Crippen molar-refractivity contribution in [3.05, 3.63) is 83.4 Å². The molecule has 39 heavy (non-hydrogen) atoms. The molecule has 4 N–H and O–H groups in total. The minimum atomic E-state index is -4.02. The zero-order valence-electron chi connectivity index (χ0n) is 22.7. The highest BCUT2D eigenvalue weighted by Gasteiger charge is 2.21. The topological polar surface area (TPSA) is 144 Å². The molecule has 1 aliphatic rings. The minimum Gasteiger partial charge on any atom is -0.506 e. The minimum absolute atomic E-state index is 0.0666. The molecule has 0 spiro atoms. The Bertz CT molecular complexity index is 1330. The first-order valence-corrected chi connectivity index (χ1v) is 15.4. The second kappa shape index (κ2) is 14.4. The van der Waals surface area contributed by atoms with E-state index in [4.69, 9.17) is 9.11 Å². The molecule has 3 aromatic carbocycles. The number of aromatic hydroxyl groups is 1. The van der Waals surface area contributed by atoms with Crippen molar-refractivity contribution in [3.8, 4) is 5.75 Å². The Balaban J connectivity index is 0.000000214. The number of hydrogen-bond acceptors (Lipinski definition) is 7. The van der Waals surface area contributed by atoms with Gasteiger partial charge < -0.3 is 15.3 Å². The Kier molecular flexibility index (Phi) is 11.9. The quantitative estimate of drug-likeness (QED) is 0.233. The van der Waals surface area contributed by atoms with Crippen LogP contribution in [0.1, 0.15) is 37.0 Å². The van der Waals surface area contributed by atoms with Gasteiger partial charge in [0.2, 0.25) is 0 Å². The van der Waals surface area contributed by atoms with Gasteiger partial charge in [-0.05, 0) is 69.1 Å². The van der Waals surface area contributed by atoms with Crippen molar-refractivity contribution < 1.29 is 31.0 Å². The van der Waals surface area contributed by atoms with Crippen LogP contribution in [0.25, 0.3) is 0 Å². The summed E-state index contributed by atoms with van der Waals surface area (Å²) in [5.74, 6) is 0.428. The van der Waals surface area contributed by atoms with Crippen molar-refractivity contribution in [1.29, 1.82) is 0 Å². The van der Waals surface area contributed by atoms with Gasteiger partial charge in [-0.25, -0.2) is 0 Å². The van der Waals surface area contributed by atoms with Crippen LogP contribution < -0.4 is 10.2 Å². The van der Waals surface area contributed by atoms with Crippen LogP contribution in [0, 0.1) is 13.8 Å². The maximum Gasteiger partial charge on any atom is 0.294 e. The Morgan fingerprint density at radius 2 is 1.31 bits per heavy atom. The molecule has 0 fully saturated rings. The monoisotopic (exact) mass is 578 g/mol. The number of benzene rings is 3. The number of para-hydroxylation sites is 1. The number of phenolic OH excluding ortho intramolecular Hbond substituents is 1. The molecule has 0 saturated carbocycles. The van der Waals surface area contributed by atoms with Crippen LogP contribution in [0.5, 0.6) is 5.75 Å². The highest BCUT2D eigenvalue weighted by Crippen LogP contribution is 2.36. The van der Waals surface area contributed by atoms with Gasteiger partial charge in [0.15, 0.2) is 0 Å². The summed E-state index contributed by atoms with van der Waals surface area (Å²) in [7, 11) is -8.04. The van der Waals surface area contributed by atoms with Crippen molar-refractivity contribution >= 4 is 25.9 Å². The average molecular weight is 579 g/mol. The van der Waals surface area contributed by atoms with E-state index < -0.39 is 20.2 Å². The molecule has 0 radical (unpaired) electrons. The van der Waals surface area contributed by atoms with Gasteiger partial charge in [0.1, 0.15) is 5.75 Å². The fraction of sp³-hybridized carbons (Fsp3) is 0.357. The molecule has 4 rings (SSSR count). The summed E-state index contributed by atoms with van der Waals surface area (Å²) in [6.45, 7) is 11.1. The van der Waals surface area contributed by atoms with E-state index in [1.807, 2.05) is 19.9 Å². The lowest BCUT2D eigenvalue weighted by Crippen LogP contribution is -2.28. The van der Waals surface area contributed by atoms with Gasteiger partial charge in [-0.1, -0.05) is 61.4 Å². The van der Waals surface area contributed by atoms with Crippen LogP contribution in [0.3, 0.4) is 0 Å². The second-order valence-corrected chi connectivity index (χ2v) is 12.4. The van der Waals surface area contributed by atoms with Crippen LogP contribution in [-0.2, 0) is 26.7 Å². The maximum absolute atomic E-state index is 10.5. The van der Waals surface area contributed by atoms with Crippen LogP contribution >= 0.6 is 0 Å². The number of rotatable bonds is 7. The lowest BCUT2D eigenvalue weighted by atomic mass is 10.1. The Morgan fingerprint density at radius 1 is 0.821 bits per heavy atom. The fourth-order valence-corrected chi connectivity index (χ4v) is 4.78. The number of nitrogens with zero attached hydrogens (tertiary/aromatic N) is 1. The molecule has 1 heterocycles. The summed E-state index contributed by atoms with van der Waals surface area (Å²) < 4.78 is 59.1. The van der Waals surface area contributed by atoms with E-state index in [1.165, 1.54) is 29.8 Å². The number of hydrogen-bond donors (Lipinski definition) is 4. The lowest BCUT2D eigenvalue weighted by Gasteiger charge is -2.20. The third kappa shape index (κ3) is 11.0. The Labute approximate surface area is 232 Å². The van der Waals surface area contributed by atoms with Crippen molar-refractivity contribution in [2.24, 2.45) is 0 Å². The van der Waals surface area contributed by atoms with Gasteiger partial charge in [-0.3, -0.25) is 9.11 Å². The van der Waals surface area contributed by atoms with E-state index in [1.54, 1.807) is 30.3 Å². The SMILES string of the molecule is CC(C)NCCCN1CCc2cccc(O)c21.Cc1ccc(S(=O)(=O)O)cc1.Cc1ccc(S(=O)(=O)O)cc1. The summed E-state index contributed by atoms with van der Waals surface area (Å²) in [5, 5.41) is 13.3. The van der Waals surface area contributed by atoms with Gasteiger partial charge in [-0.15, -0.1) is 0 Å². The van der Waals surface area contributed by atoms with Crippen molar-refractivity contribution in [1.82, 2.24) is 5.32 Å². The molecule has 0 aromatic heterocycles. The lowest BCUT2D eigenvalue weighted by molar-refractivity contribution is 0.474. The zero-order valence-corrected chi connectivity index (χ0v) is 24.3. The normalized spacial score (nSPS) is 12.7. The molecule has 214 valence electrons. The van der Waals surface area contributed by atoms with Crippen molar-refractivity contribution in [2.45, 2.75) is 56.4 Å². The Hall–Kier alpha value is -2.96. The van der Waals surface area contributed by atoms with E-state index in [2.05, 4.69) is 30.1 Å². The van der Waals surface area contributed by atoms with E-state index in [9.17, 15) is 21.9 Å². The van der Waals surface area contributed by atoms with Gasteiger partial charge in [0.25, 0.3) is 20.2 Å². The van der Waals surface area contributed by atoms with E-state index in [-0.39, 0.29) is 9.79 Å². The number of fused-ring (bicyclic) bond motifs is 1. The predicted octanol–water partition coefficient (Wildman–Crippen LogP) is 4.63. The molecule has 0 atom stereocenters. The first-order chi connectivity index (χ1) is 18.2. The van der Waals surface area contributed by atoms with Crippen LogP contribution in [0.15, 0.2) is 76.5 Å². The van der Waals surface area contributed by atoms with E-state index in [0.29, 0.717) is 11.8 Å². The second-order valence-electron chi connectivity index (χ2n) is 9.56. The van der Waals surface area contributed by atoms with Crippen LogP contribution in [0.4, 0.5) is 5.69 Å². The van der Waals surface area contributed by atoms with Gasteiger partial charge in [0, 0.05) is 19.1 Å². The third-order valence-corrected chi connectivity index (χ3v) is 7.60. The molecule has 0 aliphatic carbocycles. The molecule has 9 nitrogen and oxygen atoms in total. The van der Waals surface area contributed by atoms with Gasteiger partial charge in [-0.2, -0.15) is 16.8 Å². The molecule has 1 aliphatic heterocycles. The van der Waals surface area contributed by atoms with Crippen molar-refractivity contribution in [2.75, 3.05) is 24.5 Å². The summed E-state index contributed by atoms with van der Waals surface area (Å²) >= 11 is 0. The molecule has 11 heteroatoms. The standard InChI is InChI=1S/C14H22N2O.2C7H8O3S/c1-11(2)15-8-4-9-16-10-7-12-5-3-6-13(17)14(12)16;2*1-6-2-4-7(5-3-6)11(8,9)10/h3,5-6,11,15,17H,4,7-10H2,1-2H3;2*2-5H,1H3,(H,8,9,10). The van der Waals surface area contributed by atoms with E-state index >= 15 is 0 Å². The highest BCUT2D eigenvalue weighted by molar-refractivity contribution is 7.86. The molecule has 0 amide bonds. The van der Waals surface area contributed by atoms with Gasteiger partial charge >= 0.3 is 0 Å². The highest BCUT2D eigenvalue weighted by atomic mass is 32.2. The Morgan fingerprint density at radius 3 is 1.74 bits per heavy atom. The smallest absolute Gasteiger partial charge is 0.294 e. The zero-order chi connectivity index (χ0) is 29.2. The summed E-state index contributed by atoms with van der Waals surface area (Å²) in [6, 6.07) is 18.3. The number of anilines is 1. The number of nitrogens with one attached hydrogen (secondary N) is 1. The number of aryl methyl sites for hydroxylation is 2. The third-order valence-electron chi connectivity index (χ3n) is 5.86. The van der Waals surface area contributed by atoms with Crippen molar-refractivity contribution in [3.63, 3.8) is 0 Å².